The van der Waals surface area contributed by atoms with Crippen molar-refractivity contribution in [2.24, 2.45) is 0 Å². The number of benzene rings is 2. The molecule has 6 heteroatoms. The third-order valence-electron chi connectivity index (χ3n) is 4.17. The van der Waals surface area contributed by atoms with Gasteiger partial charge >= 0.3 is 0 Å². The molecule has 0 atom stereocenters. The van der Waals surface area contributed by atoms with Crippen LogP contribution in [-0.4, -0.2) is 15.7 Å². The van der Waals surface area contributed by atoms with Crippen molar-refractivity contribution in [2.45, 2.75) is 19.7 Å². The van der Waals surface area contributed by atoms with Gasteiger partial charge in [0.2, 0.25) is 5.91 Å². The smallest absolute Gasteiger partial charge is 0.242 e. The van der Waals surface area contributed by atoms with Gasteiger partial charge in [0.05, 0.1) is 11.9 Å². The number of nitrogens with zero attached hydrogens (tertiary/aromatic N) is 2. The summed E-state index contributed by atoms with van der Waals surface area (Å²) in [4.78, 5) is 12.3. The zero-order valence-corrected chi connectivity index (χ0v) is 14.2. The van der Waals surface area contributed by atoms with E-state index in [1.807, 2.05) is 48.5 Å². The van der Waals surface area contributed by atoms with Crippen LogP contribution in [0.5, 0.6) is 5.75 Å². The first-order valence-corrected chi connectivity index (χ1v) is 8.37. The van der Waals surface area contributed by atoms with Gasteiger partial charge in [-0.05, 0) is 23.8 Å². The second-order valence-corrected chi connectivity index (χ2v) is 6.24. The van der Waals surface area contributed by atoms with E-state index in [1.54, 1.807) is 10.9 Å². The minimum absolute atomic E-state index is 0.116. The van der Waals surface area contributed by atoms with Crippen molar-refractivity contribution in [1.82, 2.24) is 15.1 Å². The highest BCUT2D eigenvalue weighted by atomic mass is 35.5. The summed E-state index contributed by atoms with van der Waals surface area (Å²) in [6, 6.07) is 15.3. The Morgan fingerprint density at radius 2 is 2.00 bits per heavy atom. The summed E-state index contributed by atoms with van der Waals surface area (Å²) in [6.45, 7) is 1.00. The number of hydrogen-bond acceptors (Lipinski definition) is 3. The number of halogens is 1. The molecule has 1 N–H and O–H groups in total. The summed E-state index contributed by atoms with van der Waals surface area (Å²) >= 11 is 6.12. The van der Waals surface area contributed by atoms with Crippen LogP contribution in [0.15, 0.2) is 54.7 Å². The summed E-state index contributed by atoms with van der Waals surface area (Å²) in [6.07, 6.45) is 1.76. The molecule has 2 aromatic carbocycles. The third-order valence-corrected chi connectivity index (χ3v) is 4.54. The van der Waals surface area contributed by atoms with Crippen LogP contribution in [0, 0.1) is 0 Å². The summed E-state index contributed by atoms with van der Waals surface area (Å²) in [5, 5.41) is 7.90. The molecule has 0 radical (unpaired) electrons. The number of carbonyl (C=O) groups excluding carboxylic acids is 1. The maximum Gasteiger partial charge on any atom is 0.242 e. The average Bonchev–Trinajstić information content (AvgIpc) is 3.04. The van der Waals surface area contributed by atoms with Crippen LogP contribution in [0.1, 0.15) is 11.1 Å². The summed E-state index contributed by atoms with van der Waals surface area (Å²) in [7, 11) is 0. The second kappa shape index (κ2) is 6.61. The van der Waals surface area contributed by atoms with Crippen molar-refractivity contribution >= 4 is 17.5 Å². The maximum atomic E-state index is 12.3. The fourth-order valence-corrected chi connectivity index (χ4v) is 3.14. The third kappa shape index (κ3) is 3.10. The van der Waals surface area contributed by atoms with E-state index in [4.69, 9.17) is 16.3 Å². The van der Waals surface area contributed by atoms with Gasteiger partial charge in [-0.15, -0.1) is 0 Å². The normalized spacial score (nSPS) is 12.0. The number of nitrogens with one attached hydrogen (secondary N) is 1. The fraction of sp³-hybridized carbons (Fsp3) is 0.158. The van der Waals surface area contributed by atoms with Crippen LogP contribution in [0.3, 0.4) is 0 Å². The van der Waals surface area contributed by atoms with Crippen molar-refractivity contribution in [3.63, 3.8) is 0 Å². The first-order valence-electron chi connectivity index (χ1n) is 7.99. The quantitative estimate of drug-likeness (QED) is 0.782. The fourth-order valence-electron chi connectivity index (χ4n) is 2.93. The Bertz CT molecular complexity index is 936. The molecule has 25 heavy (non-hydrogen) atoms. The van der Waals surface area contributed by atoms with Crippen LogP contribution in [-0.2, 0) is 24.5 Å². The topological polar surface area (TPSA) is 56.2 Å². The van der Waals surface area contributed by atoms with Gasteiger partial charge in [-0.1, -0.05) is 41.9 Å². The van der Waals surface area contributed by atoms with Gasteiger partial charge in [0.25, 0.3) is 0 Å². The van der Waals surface area contributed by atoms with E-state index in [2.05, 4.69) is 10.4 Å². The lowest BCUT2D eigenvalue weighted by Crippen LogP contribution is -2.28. The Kier molecular flexibility index (Phi) is 4.15. The van der Waals surface area contributed by atoms with E-state index in [9.17, 15) is 4.79 Å². The molecule has 2 heterocycles. The van der Waals surface area contributed by atoms with Crippen LogP contribution in [0.2, 0.25) is 5.02 Å². The van der Waals surface area contributed by atoms with E-state index in [0.717, 1.165) is 28.1 Å². The highest BCUT2D eigenvalue weighted by Gasteiger charge is 2.22. The highest BCUT2D eigenvalue weighted by molar-refractivity contribution is 6.31. The number of ether oxygens (including phenoxy) is 1. The number of amides is 1. The van der Waals surface area contributed by atoms with Gasteiger partial charge < -0.3 is 10.1 Å². The van der Waals surface area contributed by atoms with Crippen LogP contribution >= 0.6 is 11.6 Å². The second-order valence-electron chi connectivity index (χ2n) is 5.83. The van der Waals surface area contributed by atoms with Crippen LogP contribution < -0.4 is 10.1 Å². The molecule has 0 bridgehead atoms. The molecule has 126 valence electrons. The molecule has 0 unspecified atom stereocenters. The van der Waals surface area contributed by atoms with E-state index in [0.29, 0.717) is 18.2 Å². The SMILES string of the molecule is O=C(Cn1ncc2c1-c1ccccc1OC2)NCc1ccccc1Cl. The Labute approximate surface area is 150 Å². The van der Waals surface area contributed by atoms with Crippen molar-refractivity contribution in [3.8, 4) is 17.0 Å². The molecule has 3 aromatic rings. The molecular formula is C19H16ClN3O2. The van der Waals surface area contributed by atoms with Crippen LogP contribution in [0.4, 0.5) is 0 Å². The summed E-state index contributed by atoms with van der Waals surface area (Å²) in [5.41, 5.74) is 3.77. The van der Waals surface area contributed by atoms with Gasteiger partial charge in [0, 0.05) is 22.7 Å². The minimum atomic E-state index is -0.116. The Hall–Kier alpha value is -2.79. The van der Waals surface area contributed by atoms with E-state index < -0.39 is 0 Å². The van der Waals surface area contributed by atoms with Gasteiger partial charge in [-0.2, -0.15) is 5.10 Å². The predicted octanol–water partition coefficient (Wildman–Crippen LogP) is 3.41. The molecule has 1 aliphatic rings. The maximum absolute atomic E-state index is 12.3. The standard InChI is InChI=1S/C19H16ClN3O2/c20-16-7-3-1-5-13(16)9-21-18(24)11-23-19-14(10-22-23)12-25-17-8-4-2-6-15(17)19/h1-8,10H,9,11-12H2,(H,21,24). The lowest BCUT2D eigenvalue weighted by atomic mass is 10.0. The average molecular weight is 354 g/mol. The van der Waals surface area contributed by atoms with Gasteiger partial charge in [0.1, 0.15) is 18.9 Å². The van der Waals surface area contributed by atoms with Gasteiger partial charge in [0.15, 0.2) is 0 Å². The lowest BCUT2D eigenvalue weighted by Gasteiger charge is -2.19. The van der Waals surface area contributed by atoms with E-state index in [1.165, 1.54) is 0 Å². The molecule has 0 saturated carbocycles. The number of aromatic nitrogens is 2. The summed E-state index contributed by atoms with van der Waals surface area (Å²) in [5.74, 6) is 0.697. The molecule has 1 aromatic heterocycles. The van der Waals surface area contributed by atoms with Crippen molar-refractivity contribution in [3.05, 3.63) is 70.9 Å². The molecule has 1 amide bonds. The zero-order valence-electron chi connectivity index (χ0n) is 13.4. The first kappa shape index (κ1) is 15.7. The van der Waals surface area contributed by atoms with Crippen molar-refractivity contribution < 1.29 is 9.53 Å². The lowest BCUT2D eigenvalue weighted by molar-refractivity contribution is -0.122. The molecule has 5 nitrogen and oxygen atoms in total. The number of hydrogen-bond donors (Lipinski definition) is 1. The molecule has 0 fully saturated rings. The van der Waals surface area contributed by atoms with Gasteiger partial charge in [-0.25, -0.2) is 0 Å². The summed E-state index contributed by atoms with van der Waals surface area (Å²) < 4.78 is 7.44. The number of rotatable bonds is 4. The monoisotopic (exact) mass is 353 g/mol. The zero-order chi connectivity index (χ0) is 17.2. The largest absolute Gasteiger partial charge is 0.488 e. The molecule has 0 saturated heterocycles. The predicted molar refractivity (Wildman–Crippen MR) is 95.3 cm³/mol. The molecule has 0 spiro atoms. The number of para-hydroxylation sites is 1. The van der Waals surface area contributed by atoms with Crippen molar-refractivity contribution in [1.29, 1.82) is 0 Å². The Balaban J connectivity index is 1.50. The Morgan fingerprint density at radius 3 is 2.88 bits per heavy atom. The van der Waals surface area contributed by atoms with E-state index >= 15 is 0 Å². The minimum Gasteiger partial charge on any atom is -0.488 e. The van der Waals surface area contributed by atoms with Crippen molar-refractivity contribution in [2.75, 3.05) is 0 Å². The number of fused-ring (bicyclic) bond motifs is 3. The molecule has 1 aliphatic heterocycles. The molecular weight excluding hydrogens is 338 g/mol. The van der Waals surface area contributed by atoms with E-state index in [-0.39, 0.29) is 12.5 Å². The molecule has 0 aliphatic carbocycles. The number of carbonyl (C=O) groups is 1. The highest BCUT2D eigenvalue weighted by Crippen LogP contribution is 2.36. The Morgan fingerprint density at radius 1 is 1.20 bits per heavy atom. The first-order chi connectivity index (χ1) is 12.2. The van der Waals surface area contributed by atoms with Gasteiger partial charge in [-0.3, -0.25) is 9.48 Å². The molecule has 4 rings (SSSR count). The van der Waals surface area contributed by atoms with Crippen LogP contribution in [0.25, 0.3) is 11.3 Å².